The van der Waals surface area contributed by atoms with Gasteiger partial charge in [-0.25, -0.2) is 14.4 Å². The minimum absolute atomic E-state index is 0.0842. The summed E-state index contributed by atoms with van der Waals surface area (Å²) in [5, 5.41) is 24.3. The number of carboxylic acids is 1. The zero-order valence-corrected chi connectivity index (χ0v) is 9.27. The molecular formula is C8H16N4O5. The number of aliphatic hydroxyl groups is 1. The standard InChI is InChI=1S/C8H16N4O5/c1-4(13)5(6(14)15)12-8(17)11-3-2-10-7(9)16/h4-5,13H,2-3H2,1H3,(H,14,15)(H3,9,10,16)(H2,11,12,17)/t4-,5+/m1/s1. The summed E-state index contributed by atoms with van der Waals surface area (Å²) < 4.78 is 0. The molecular weight excluding hydrogens is 232 g/mol. The molecule has 2 atom stereocenters. The maximum Gasteiger partial charge on any atom is 0.328 e. The Morgan fingerprint density at radius 2 is 1.76 bits per heavy atom. The molecule has 0 aliphatic rings. The SMILES string of the molecule is C[C@@H](O)[C@H](NC(=O)NCCNC(N)=O)C(=O)O. The van der Waals surface area contributed by atoms with Gasteiger partial charge in [0.25, 0.3) is 0 Å². The van der Waals surface area contributed by atoms with Crippen molar-refractivity contribution in [3.63, 3.8) is 0 Å². The normalized spacial score (nSPS) is 13.3. The Morgan fingerprint density at radius 3 is 2.18 bits per heavy atom. The van der Waals surface area contributed by atoms with Crippen LogP contribution in [0.4, 0.5) is 9.59 Å². The molecule has 0 spiro atoms. The van der Waals surface area contributed by atoms with Crippen molar-refractivity contribution in [3.8, 4) is 0 Å². The van der Waals surface area contributed by atoms with Gasteiger partial charge >= 0.3 is 18.0 Å². The number of rotatable bonds is 6. The third-order valence-electron chi connectivity index (χ3n) is 1.74. The molecule has 0 saturated carbocycles. The topological polar surface area (TPSA) is 154 Å². The average molecular weight is 248 g/mol. The minimum Gasteiger partial charge on any atom is -0.480 e. The first-order chi connectivity index (χ1) is 7.84. The van der Waals surface area contributed by atoms with Crippen LogP contribution < -0.4 is 21.7 Å². The summed E-state index contributed by atoms with van der Waals surface area (Å²) in [6.07, 6.45) is -1.22. The summed E-state index contributed by atoms with van der Waals surface area (Å²) in [4.78, 5) is 32.1. The Balaban J connectivity index is 3.91. The van der Waals surface area contributed by atoms with E-state index in [0.29, 0.717) is 0 Å². The predicted molar refractivity (Wildman–Crippen MR) is 57.2 cm³/mol. The van der Waals surface area contributed by atoms with E-state index in [9.17, 15) is 14.4 Å². The number of carbonyl (C=O) groups is 3. The van der Waals surface area contributed by atoms with Crippen LogP contribution in [-0.2, 0) is 4.79 Å². The van der Waals surface area contributed by atoms with Gasteiger partial charge in [-0.05, 0) is 6.92 Å². The predicted octanol–water partition coefficient (Wildman–Crippen LogP) is -2.21. The van der Waals surface area contributed by atoms with E-state index in [0.717, 1.165) is 0 Å². The third-order valence-corrected chi connectivity index (χ3v) is 1.74. The molecule has 17 heavy (non-hydrogen) atoms. The number of aliphatic carboxylic acids is 1. The van der Waals surface area contributed by atoms with Crippen molar-refractivity contribution in [2.45, 2.75) is 19.1 Å². The van der Waals surface area contributed by atoms with Gasteiger partial charge in [0, 0.05) is 13.1 Å². The molecule has 0 heterocycles. The van der Waals surface area contributed by atoms with Crippen LogP contribution in [0.5, 0.6) is 0 Å². The molecule has 0 aromatic rings. The summed E-state index contributed by atoms with van der Waals surface area (Å²) in [6.45, 7) is 1.45. The molecule has 0 saturated heterocycles. The van der Waals surface area contributed by atoms with E-state index in [1.807, 2.05) is 0 Å². The van der Waals surface area contributed by atoms with Crippen LogP contribution >= 0.6 is 0 Å². The van der Waals surface area contributed by atoms with Gasteiger partial charge in [-0.15, -0.1) is 0 Å². The molecule has 0 radical (unpaired) electrons. The fraction of sp³-hybridized carbons (Fsp3) is 0.625. The summed E-state index contributed by atoms with van der Waals surface area (Å²) in [6, 6.07) is -2.87. The summed E-state index contributed by atoms with van der Waals surface area (Å²) in [5.41, 5.74) is 4.78. The molecule has 0 rings (SSSR count). The van der Waals surface area contributed by atoms with Crippen molar-refractivity contribution in [2.75, 3.05) is 13.1 Å². The molecule has 7 N–H and O–H groups in total. The van der Waals surface area contributed by atoms with Gasteiger partial charge in [0.1, 0.15) is 0 Å². The van der Waals surface area contributed by atoms with Crippen LogP contribution in [0.15, 0.2) is 0 Å². The Morgan fingerprint density at radius 1 is 1.24 bits per heavy atom. The molecule has 9 nitrogen and oxygen atoms in total. The van der Waals surface area contributed by atoms with Crippen LogP contribution in [0, 0.1) is 0 Å². The lowest BCUT2D eigenvalue weighted by molar-refractivity contribution is -0.141. The zero-order chi connectivity index (χ0) is 13.4. The highest BCUT2D eigenvalue weighted by atomic mass is 16.4. The smallest absolute Gasteiger partial charge is 0.328 e. The molecule has 0 aliphatic heterocycles. The van der Waals surface area contributed by atoms with E-state index < -0.39 is 30.2 Å². The maximum atomic E-state index is 11.2. The van der Waals surface area contributed by atoms with Gasteiger partial charge < -0.3 is 31.9 Å². The Kier molecular flexibility index (Phi) is 6.41. The second-order valence-corrected chi connectivity index (χ2v) is 3.25. The van der Waals surface area contributed by atoms with Gasteiger partial charge in [0.05, 0.1) is 6.10 Å². The number of primary amides is 1. The van der Waals surface area contributed by atoms with Crippen LogP contribution in [-0.4, -0.2) is 53.5 Å². The van der Waals surface area contributed by atoms with Gasteiger partial charge in [-0.1, -0.05) is 0 Å². The number of nitrogens with one attached hydrogen (secondary N) is 3. The van der Waals surface area contributed by atoms with Crippen molar-refractivity contribution in [1.29, 1.82) is 0 Å². The molecule has 0 aliphatic carbocycles. The van der Waals surface area contributed by atoms with Gasteiger partial charge in [-0.2, -0.15) is 0 Å². The van der Waals surface area contributed by atoms with E-state index >= 15 is 0 Å². The average Bonchev–Trinajstić information content (AvgIpc) is 2.19. The fourth-order valence-electron chi connectivity index (χ4n) is 0.943. The molecule has 0 unspecified atom stereocenters. The Hall–Kier alpha value is -2.03. The number of amides is 4. The zero-order valence-electron chi connectivity index (χ0n) is 9.27. The van der Waals surface area contributed by atoms with Gasteiger partial charge in [0.2, 0.25) is 0 Å². The highest BCUT2D eigenvalue weighted by Gasteiger charge is 2.24. The molecule has 4 amide bonds. The minimum atomic E-state index is -1.39. The molecule has 0 fully saturated rings. The highest BCUT2D eigenvalue weighted by Crippen LogP contribution is 1.92. The number of urea groups is 2. The number of hydrogen-bond acceptors (Lipinski definition) is 4. The molecule has 98 valence electrons. The fourth-order valence-corrected chi connectivity index (χ4v) is 0.943. The monoisotopic (exact) mass is 248 g/mol. The maximum absolute atomic E-state index is 11.2. The van der Waals surface area contributed by atoms with E-state index in [1.54, 1.807) is 0 Å². The first kappa shape index (κ1) is 15.0. The molecule has 0 aromatic heterocycles. The van der Waals surface area contributed by atoms with Gasteiger partial charge in [-0.3, -0.25) is 0 Å². The lowest BCUT2D eigenvalue weighted by atomic mass is 10.2. The Labute approximate surface area is 97.4 Å². The van der Waals surface area contributed by atoms with Crippen molar-refractivity contribution < 1.29 is 24.6 Å². The highest BCUT2D eigenvalue weighted by molar-refractivity contribution is 5.82. The first-order valence-electron chi connectivity index (χ1n) is 4.83. The quantitative estimate of drug-likeness (QED) is 0.294. The third kappa shape index (κ3) is 6.95. The van der Waals surface area contributed by atoms with E-state index in [-0.39, 0.29) is 13.1 Å². The summed E-state index contributed by atoms with van der Waals surface area (Å²) >= 11 is 0. The van der Waals surface area contributed by atoms with Crippen LogP contribution in [0.25, 0.3) is 0 Å². The van der Waals surface area contributed by atoms with Crippen molar-refractivity contribution >= 4 is 18.0 Å². The van der Waals surface area contributed by atoms with E-state index in [4.69, 9.17) is 15.9 Å². The Bertz CT molecular complexity index is 294. The number of aliphatic hydroxyl groups excluding tert-OH is 1. The van der Waals surface area contributed by atoms with Crippen LogP contribution in [0.1, 0.15) is 6.92 Å². The number of nitrogens with two attached hydrogens (primary N) is 1. The van der Waals surface area contributed by atoms with Crippen molar-refractivity contribution in [3.05, 3.63) is 0 Å². The van der Waals surface area contributed by atoms with E-state index in [1.165, 1.54) is 6.92 Å². The van der Waals surface area contributed by atoms with Crippen LogP contribution in [0.3, 0.4) is 0 Å². The summed E-state index contributed by atoms with van der Waals surface area (Å²) in [5.74, 6) is -1.34. The van der Waals surface area contributed by atoms with Crippen LogP contribution in [0.2, 0.25) is 0 Å². The summed E-state index contributed by atoms with van der Waals surface area (Å²) in [7, 11) is 0. The molecule has 0 bridgehead atoms. The van der Waals surface area contributed by atoms with Crippen molar-refractivity contribution in [1.82, 2.24) is 16.0 Å². The lowest BCUT2D eigenvalue weighted by Gasteiger charge is -2.17. The van der Waals surface area contributed by atoms with E-state index in [2.05, 4.69) is 16.0 Å². The number of carbonyl (C=O) groups excluding carboxylic acids is 2. The largest absolute Gasteiger partial charge is 0.480 e. The number of hydrogen-bond donors (Lipinski definition) is 6. The van der Waals surface area contributed by atoms with Gasteiger partial charge in [0.15, 0.2) is 6.04 Å². The second kappa shape index (κ2) is 7.28. The first-order valence-corrected chi connectivity index (χ1v) is 4.83. The lowest BCUT2D eigenvalue weighted by Crippen LogP contribution is -2.52. The molecule has 9 heteroatoms. The van der Waals surface area contributed by atoms with Crippen molar-refractivity contribution in [2.24, 2.45) is 5.73 Å². The second-order valence-electron chi connectivity index (χ2n) is 3.25. The molecule has 0 aromatic carbocycles. The number of carboxylic acid groups (broad SMARTS) is 1.